The van der Waals surface area contributed by atoms with E-state index in [4.69, 9.17) is 4.74 Å². The number of rotatable bonds is 7. The second kappa shape index (κ2) is 8.85. The van der Waals surface area contributed by atoms with Crippen LogP contribution in [0.4, 0.5) is 0 Å². The normalized spacial score (nSPS) is 23.3. The van der Waals surface area contributed by atoms with E-state index in [2.05, 4.69) is 15.2 Å². The molecule has 4 rings (SSSR count). The summed E-state index contributed by atoms with van der Waals surface area (Å²) < 4.78 is 29.5. The molecule has 2 saturated heterocycles. The summed E-state index contributed by atoms with van der Waals surface area (Å²) in [5.41, 5.74) is 0.925. The minimum absolute atomic E-state index is 0.0135. The first kappa shape index (κ1) is 20.4. The van der Waals surface area contributed by atoms with E-state index < -0.39 is 9.84 Å². The fourth-order valence-corrected chi connectivity index (χ4v) is 6.14. The smallest absolute Gasteiger partial charge is 0.233 e. The quantitative estimate of drug-likeness (QED) is 0.659. The van der Waals surface area contributed by atoms with E-state index in [1.165, 1.54) is 11.8 Å². The summed E-state index contributed by atoms with van der Waals surface area (Å²) in [5.74, 6) is 0.892. The number of thioether (sulfide) groups is 1. The van der Waals surface area contributed by atoms with Crippen molar-refractivity contribution < 1.29 is 17.9 Å². The molecule has 1 N–H and O–H groups in total. The topological polar surface area (TPSA) is 105 Å². The fourth-order valence-electron chi connectivity index (χ4n) is 3.73. The number of carbonyl (C=O) groups excluding carboxylic acids is 1. The van der Waals surface area contributed by atoms with Crippen LogP contribution >= 0.6 is 11.8 Å². The molecule has 3 heterocycles. The SMILES string of the molecule is O=C(CSc1n[nH]c(-c2ccccc2)n1)N(C[C@@H]1CCCO1)[C@H]1CCS(=O)(=O)C1. The molecule has 0 saturated carbocycles. The molecule has 2 atom stereocenters. The lowest BCUT2D eigenvalue weighted by Gasteiger charge is -2.30. The van der Waals surface area contributed by atoms with Crippen molar-refractivity contribution in [2.75, 3.05) is 30.4 Å². The number of hydrogen-bond acceptors (Lipinski definition) is 7. The maximum atomic E-state index is 13.0. The molecule has 2 aliphatic heterocycles. The zero-order valence-electron chi connectivity index (χ0n) is 16.0. The Bertz CT molecular complexity index is 942. The number of aromatic amines is 1. The summed E-state index contributed by atoms with van der Waals surface area (Å²) in [6, 6.07) is 9.37. The van der Waals surface area contributed by atoms with Gasteiger partial charge in [0.2, 0.25) is 11.1 Å². The largest absolute Gasteiger partial charge is 0.376 e. The minimum atomic E-state index is -3.07. The van der Waals surface area contributed by atoms with Crippen LogP contribution < -0.4 is 0 Å². The first-order valence-corrected chi connectivity index (χ1v) is 12.5. The van der Waals surface area contributed by atoms with Gasteiger partial charge in [0.1, 0.15) is 0 Å². The molecular weight excluding hydrogens is 412 g/mol. The molecule has 156 valence electrons. The number of amides is 1. The van der Waals surface area contributed by atoms with Gasteiger partial charge in [-0.15, -0.1) is 5.10 Å². The van der Waals surface area contributed by atoms with Crippen molar-refractivity contribution in [1.82, 2.24) is 20.1 Å². The van der Waals surface area contributed by atoms with Gasteiger partial charge in [0.15, 0.2) is 15.7 Å². The van der Waals surface area contributed by atoms with Gasteiger partial charge in [-0.2, -0.15) is 0 Å². The first-order valence-electron chi connectivity index (χ1n) is 9.72. The molecule has 0 radical (unpaired) electrons. The van der Waals surface area contributed by atoms with Crippen molar-refractivity contribution >= 4 is 27.5 Å². The lowest BCUT2D eigenvalue weighted by molar-refractivity contribution is -0.131. The van der Waals surface area contributed by atoms with Crippen LogP contribution in [0.15, 0.2) is 35.5 Å². The van der Waals surface area contributed by atoms with E-state index in [0.717, 1.165) is 18.4 Å². The number of sulfone groups is 1. The number of ether oxygens (including phenoxy) is 1. The maximum Gasteiger partial charge on any atom is 0.233 e. The Labute approximate surface area is 174 Å². The van der Waals surface area contributed by atoms with Crippen LogP contribution in [0.5, 0.6) is 0 Å². The summed E-state index contributed by atoms with van der Waals surface area (Å²) in [7, 11) is -3.07. The van der Waals surface area contributed by atoms with Crippen LogP contribution in [-0.2, 0) is 19.4 Å². The van der Waals surface area contributed by atoms with Crippen molar-refractivity contribution in [2.45, 2.75) is 36.6 Å². The van der Waals surface area contributed by atoms with Crippen molar-refractivity contribution in [3.05, 3.63) is 30.3 Å². The fraction of sp³-hybridized carbons (Fsp3) is 0.526. The number of H-pyrrole nitrogens is 1. The molecule has 0 bridgehead atoms. The average Bonchev–Trinajstić information content (AvgIpc) is 3.46. The Morgan fingerprint density at radius 2 is 2.10 bits per heavy atom. The molecule has 2 aliphatic rings. The Morgan fingerprint density at radius 3 is 2.79 bits per heavy atom. The van der Waals surface area contributed by atoms with Gasteiger partial charge in [0, 0.05) is 24.8 Å². The Morgan fingerprint density at radius 1 is 1.28 bits per heavy atom. The number of nitrogens with one attached hydrogen (secondary N) is 1. The van der Waals surface area contributed by atoms with Gasteiger partial charge < -0.3 is 9.64 Å². The Hall–Kier alpha value is -1.91. The van der Waals surface area contributed by atoms with Gasteiger partial charge in [-0.3, -0.25) is 9.89 Å². The molecule has 2 fully saturated rings. The minimum Gasteiger partial charge on any atom is -0.376 e. The van der Waals surface area contributed by atoms with Crippen molar-refractivity contribution in [3.8, 4) is 11.4 Å². The van der Waals surface area contributed by atoms with Crippen LogP contribution in [0.1, 0.15) is 19.3 Å². The second-order valence-electron chi connectivity index (χ2n) is 7.36. The molecule has 2 aromatic rings. The molecule has 1 aromatic heterocycles. The lowest BCUT2D eigenvalue weighted by atomic mass is 10.1. The van der Waals surface area contributed by atoms with Crippen molar-refractivity contribution in [3.63, 3.8) is 0 Å². The van der Waals surface area contributed by atoms with Crippen LogP contribution in [-0.4, -0.2) is 77.0 Å². The van der Waals surface area contributed by atoms with Crippen molar-refractivity contribution in [1.29, 1.82) is 0 Å². The zero-order chi connectivity index (χ0) is 20.3. The lowest BCUT2D eigenvalue weighted by Crippen LogP contribution is -2.46. The van der Waals surface area contributed by atoms with Gasteiger partial charge in [-0.1, -0.05) is 42.1 Å². The molecule has 1 aromatic carbocycles. The highest BCUT2D eigenvalue weighted by Crippen LogP contribution is 2.24. The van der Waals surface area contributed by atoms with Gasteiger partial charge in [-0.05, 0) is 19.3 Å². The number of carbonyl (C=O) groups is 1. The number of aromatic nitrogens is 3. The molecule has 29 heavy (non-hydrogen) atoms. The third kappa shape index (κ3) is 5.18. The number of hydrogen-bond donors (Lipinski definition) is 1. The molecule has 1 amide bonds. The van der Waals surface area contributed by atoms with Gasteiger partial charge >= 0.3 is 0 Å². The highest BCUT2D eigenvalue weighted by Gasteiger charge is 2.36. The third-order valence-corrected chi connectivity index (χ3v) is 7.81. The number of nitrogens with zero attached hydrogens (tertiary/aromatic N) is 3. The molecule has 0 unspecified atom stereocenters. The molecule has 0 spiro atoms. The highest BCUT2D eigenvalue weighted by molar-refractivity contribution is 7.99. The first-order chi connectivity index (χ1) is 14.0. The van der Waals surface area contributed by atoms with E-state index in [-0.39, 0.29) is 35.3 Å². The zero-order valence-corrected chi connectivity index (χ0v) is 17.6. The summed E-state index contributed by atoms with van der Waals surface area (Å²) in [6.07, 6.45) is 2.35. The van der Waals surface area contributed by atoms with E-state index in [9.17, 15) is 13.2 Å². The van der Waals surface area contributed by atoms with E-state index >= 15 is 0 Å². The third-order valence-electron chi connectivity index (χ3n) is 5.23. The average molecular weight is 437 g/mol. The van der Waals surface area contributed by atoms with E-state index in [1.54, 1.807) is 4.90 Å². The van der Waals surface area contributed by atoms with Crippen LogP contribution in [0.2, 0.25) is 0 Å². The summed E-state index contributed by atoms with van der Waals surface area (Å²) in [6.45, 7) is 1.15. The van der Waals surface area contributed by atoms with Crippen LogP contribution in [0, 0.1) is 0 Å². The molecular formula is C19H24N4O4S2. The highest BCUT2D eigenvalue weighted by atomic mass is 32.2. The van der Waals surface area contributed by atoms with Gasteiger partial charge in [0.25, 0.3) is 0 Å². The molecule has 0 aliphatic carbocycles. The Balaban J connectivity index is 1.40. The van der Waals surface area contributed by atoms with Crippen LogP contribution in [0.3, 0.4) is 0 Å². The summed E-state index contributed by atoms with van der Waals surface area (Å²) in [4.78, 5) is 19.1. The van der Waals surface area contributed by atoms with Crippen LogP contribution in [0.25, 0.3) is 11.4 Å². The Kier molecular flexibility index (Phi) is 6.21. The monoisotopic (exact) mass is 436 g/mol. The molecule has 10 heteroatoms. The van der Waals surface area contributed by atoms with Gasteiger partial charge in [0.05, 0.1) is 23.4 Å². The van der Waals surface area contributed by atoms with Crippen molar-refractivity contribution in [2.24, 2.45) is 0 Å². The van der Waals surface area contributed by atoms with E-state index in [1.807, 2.05) is 30.3 Å². The second-order valence-corrected chi connectivity index (χ2v) is 10.5. The number of benzene rings is 1. The summed E-state index contributed by atoms with van der Waals surface area (Å²) in [5, 5.41) is 7.57. The standard InChI is InChI=1S/C19H24N4O4S2/c24-17(12-28-19-20-18(21-22-19)14-5-2-1-3-6-14)23(11-16-7-4-9-27-16)15-8-10-29(25,26)13-15/h1-3,5-6,15-16H,4,7-13H2,(H,20,21,22)/t15-,16-/m0/s1. The predicted octanol–water partition coefficient (Wildman–Crippen LogP) is 1.76. The van der Waals surface area contributed by atoms with Gasteiger partial charge in [-0.25, -0.2) is 13.4 Å². The van der Waals surface area contributed by atoms with E-state index in [0.29, 0.717) is 30.6 Å². The maximum absolute atomic E-state index is 13.0. The molecule has 8 nitrogen and oxygen atoms in total. The summed E-state index contributed by atoms with van der Waals surface area (Å²) >= 11 is 1.25. The predicted molar refractivity (Wildman–Crippen MR) is 110 cm³/mol.